The van der Waals surface area contributed by atoms with Gasteiger partial charge in [0.15, 0.2) is 0 Å². The largest absolute Gasteiger partial charge is 0.324 e. The summed E-state index contributed by atoms with van der Waals surface area (Å²) in [7, 11) is 1.90. The molecular formula is C20H28N4O2S. The van der Waals surface area contributed by atoms with Crippen LogP contribution in [0.5, 0.6) is 0 Å². The van der Waals surface area contributed by atoms with Gasteiger partial charge in [0.05, 0.1) is 17.0 Å². The van der Waals surface area contributed by atoms with Crippen LogP contribution < -0.4 is 5.56 Å². The van der Waals surface area contributed by atoms with Crippen molar-refractivity contribution in [1.29, 1.82) is 0 Å². The summed E-state index contributed by atoms with van der Waals surface area (Å²) < 4.78 is 3.58. The van der Waals surface area contributed by atoms with Gasteiger partial charge in [-0.2, -0.15) is 0 Å². The Morgan fingerprint density at radius 2 is 1.81 bits per heavy atom. The first kappa shape index (κ1) is 19.8. The Morgan fingerprint density at radius 1 is 1.15 bits per heavy atom. The summed E-state index contributed by atoms with van der Waals surface area (Å²) in [6, 6.07) is 9.64. The van der Waals surface area contributed by atoms with E-state index in [0.717, 1.165) is 36.6 Å². The smallest absolute Gasteiger partial charge is 0.277 e. The summed E-state index contributed by atoms with van der Waals surface area (Å²) in [6.45, 7) is 9.61. The van der Waals surface area contributed by atoms with Gasteiger partial charge in [-0.25, -0.2) is 4.68 Å². The van der Waals surface area contributed by atoms with Gasteiger partial charge in [0, 0.05) is 25.8 Å². The number of aromatic nitrogens is 2. The third kappa shape index (κ3) is 3.71. The summed E-state index contributed by atoms with van der Waals surface area (Å²) >= 11 is 1.56. The minimum absolute atomic E-state index is 0.0405. The monoisotopic (exact) mass is 388 g/mol. The molecule has 0 aliphatic carbocycles. The molecule has 0 saturated carbocycles. The van der Waals surface area contributed by atoms with Crippen molar-refractivity contribution in [3.8, 4) is 5.69 Å². The Labute approximate surface area is 164 Å². The first-order valence-corrected chi connectivity index (χ1v) is 10.5. The molecule has 2 heterocycles. The maximum Gasteiger partial charge on any atom is 0.277 e. The fourth-order valence-corrected chi connectivity index (χ4v) is 4.90. The van der Waals surface area contributed by atoms with Crippen LogP contribution in [-0.2, 0) is 11.8 Å². The number of thioether (sulfide) groups is 1. The van der Waals surface area contributed by atoms with Crippen molar-refractivity contribution in [1.82, 2.24) is 19.2 Å². The van der Waals surface area contributed by atoms with Gasteiger partial charge in [0.2, 0.25) is 5.91 Å². The van der Waals surface area contributed by atoms with Crippen LogP contribution in [0.4, 0.5) is 0 Å². The van der Waals surface area contributed by atoms with Crippen LogP contribution in [0, 0.1) is 6.92 Å². The molecule has 27 heavy (non-hydrogen) atoms. The molecule has 1 saturated heterocycles. The van der Waals surface area contributed by atoms with Crippen LogP contribution >= 0.6 is 11.8 Å². The fraction of sp³-hybridized carbons (Fsp3) is 0.500. The molecule has 6 nitrogen and oxygen atoms in total. The van der Waals surface area contributed by atoms with E-state index < -0.39 is 0 Å². The molecule has 0 radical (unpaired) electrons. The number of carbonyl (C=O) groups is 1. The molecule has 146 valence electrons. The van der Waals surface area contributed by atoms with Crippen molar-refractivity contribution in [3.05, 3.63) is 51.9 Å². The quantitative estimate of drug-likeness (QED) is 0.731. The maximum atomic E-state index is 13.3. The summed E-state index contributed by atoms with van der Waals surface area (Å²) in [5.74, 6) is 0.549. The van der Waals surface area contributed by atoms with Gasteiger partial charge >= 0.3 is 0 Å². The highest BCUT2D eigenvalue weighted by Gasteiger charge is 2.37. The van der Waals surface area contributed by atoms with Gasteiger partial charge in [-0.15, -0.1) is 11.8 Å². The van der Waals surface area contributed by atoms with E-state index in [-0.39, 0.29) is 16.8 Å². The highest BCUT2D eigenvalue weighted by molar-refractivity contribution is 8.00. The normalized spacial score (nSPS) is 17.3. The van der Waals surface area contributed by atoms with Gasteiger partial charge < -0.3 is 9.80 Å². The number of amides is 1. The van der Waals surface area contributed by atoms with Crippen LogP contribution in [0.15, 0.2) is 35.1 Å². The van der Waals surface area contributed by atoms with Crippen molar-refractivity contribution >= 4 is 17.7 Å². The Morgan fingerprint density at radius 3 is 2.44 bits per heavy atom. The Kier molecular flexibility index (Phi) is 6.11. The zero-order chi connectivity index (χ0) is 19.6. The predicted molar refractivity (Wildman–Crippen MR) is 110 cm³/mol. The molecular weight excluding hydrogens is 360 g/mol. The van der Waals surface area contributed by atoms with Crippen molar-refractivity contribution in [2.45, 2.75) is 26.1 Å². The van der Waals surface area contributed by atoms with E-state index in [4.69, 9.17) is 0 Å². The van der Waals surface area contributed by atoms with E-state index in [1.54, 1.807) is 16.4 Å². The SMILES string of the molecule is CCN(CC)CCN1C(=O)CSC1c1c(C)n(C)n(-c2ccccc2)c1=O. The maximum absolute atomic E-state index is 13.3. The number of para-hydroxylation sites is 1. The predicted octanol–water partition coefficient (Wildman–Crippen LogP) is 2.40. The second kappa shape index (κ2) is 8.35. The number of likely N-dealkylation sites (N-methyl/N-ethyl adjacent to an activating group) is 1. The summed E-state index contributed by atoms with van der Waals surface area (Å²) in [5.41, 5.74) is 2.42. The first-order valence-electron chi connectivity index (χ1n) is 9.46. The summed E-state index contributed by atoms with van der Waals surface area (Å²) in [5, 5.41) is -0.211. The van der Waals surface area contributed by atoms with Gasteiger partial charge in [0.1, 0.15) is 5.37 Å². The molecule has 1 aliphatic heterocycles. The van der Waals surface area contributed by atoms with Crippen LogP contribution in [0.2, 0.25) is 0 Å². The number of rotatable bonds is 7. The topological polar surface area (TPSA) is 50.5 Å². The molecule has 1 aliphatic rings. The van der Waals surface area contributed by atoms with E-state index in [9.17, 15) is 9.59 Å². The molecule has 0 N–H and O–H groups in total. The molecule has 2 aromatic rings. The molecule has 1 aromatic carbocycles. The van der Waals surface area contributed by atoms with E-state index >= 15 is 0 Å². The molecule has 1 amide bonds. The standard InChI is InChI=1S/C20H28N4O2S/c1-5-22(6-2)12-13-23-17(25)14-27-20(23)18-15(3)21(4)24(19(18)26)16-10-8-7-9-11-16/h7-11,20H,5-6,12-14H2,1-4H3. The third-order valence-electron chi connectivity index (χ3n) is 5.37. The summed E-state index contributed by atoms with van der Waals surface area (Å²) in [6.07, 6.45) is 0. The number of hydrogen-bond donors (Lipinski definition) is 0. The average molecular weight is 389 g/mol. The first-order chi connectivity index (χ1) is 13.0. The summed E-state index contributed by atoms with van der Waals surface area (Å²) in [4.78, 5) is 30.0. The van der Waals surface area contributed by atoms with Crippen molar-refractivity contribution < 1.29 is 4.79 Å². The van der Waals surface area contributed by atoms with Gasteiger partial charge in [-0.05, 0) is 32.1 Å². The fourth-order valence-electron chi connectivity index (χ4n) is 3.60. The van der Waals surface area contributed by atoms with E-state index in [0.29, 0.717) is 12.3 Å². The van der Waals surface area contributed by atoms with E-state index in [2.05, 4.69) is 18.7 Å². The minimum atomic E-state index is -0.211. The molecule has 1 atom stereocenters. The minimum Gasteiger partial charge on any atom is -0.324 e. The molecule has 3 rings (SSSR count). The molecule has 1 unspecified atom stereocenters. The lowest BCUT2D eigenvalue weighted by Gasteiger charge is -2.27. The molecule has 1 fully saturated rings. The lowest BCUT2D eigenvalue weighted by Crippen LogP contribution is -2.38. The number of nitrogens with zero attached hydrogens (tertiary/aromatic N) is 4. The zero-order valence-electron chi connectivity index (χ0n) is 16.5. The second-order valence-electron chi connectivity index (χ2n) is 6.75. The van der Waals surface area contributed by atoms with Gasteiger partial charge in [-0.3, -0.25) is 14.3 Å². The second-order valence-corrected chi connectivity index (χ2v) is 7.82. The Hall–Kier alpha value is -1.99. The van der Waals surface area contributed by atoms with E-state index in [1.165, 1.54) is 0 Å². The van der Waals surface area contributed by atoms with Crippen molar-refractivity contribution in [3.63, 3.8) is 0 Å². The lowest BCUT2D eigenvalue weighted by atomic mass is 10.2. The highest BCUT2D eigenvalue weighted by atomic mass is 32.2. The average Bonchev–Trinajstić information content (AvgIpc) is 3.14. The van der Waals surface area contributed by atoms with Crippen LogP contribution in [-0.4, -0.2) is 57.0 Å². The number of carbonyl (C=O) groups excluding carboxylic acids is 1. The van der Waals surface area contributed by atoms with E-state index in [1.807, 2.05) is 53.9 Å². The Bertz CT molecular complexity index is 855. The van der Waals surface area contributed by atoms with Crippen LogP contribution in [0.1, 0.15) is 30.5 Å². The van der Waals surface area contributed by atoms with Crippen molar-refractivity contribution in [2.24, 2.45) is 7.05 Å². The number of benzene rings is 1. The number of hydrogen-bond acceptors (Lipinski definition) is 4. The molecule has 0 bridgehead atoms. The van der Waals surface area contributed by atoms with Gasteiger partial charge in [0.25, 0.3) is 5.56 Å². The highest BCUT2D eigenvalue weighted by Crippen LogP contribution is 2.38. The third-order valence-corrected chi connectivity index (χ3v) is 6.58. The van der Waals surface area contributed by atoms with Crippen molar-refractivity contribution in [2.75, 3.05) is 31.9 Å². The molecule has 1 aromatic heterocycles. The Balaban J connectivity index is 1.95. The zero-order valence-corrected chi connectivity index (χ0v) is 17.3. The van der Waals surface area contributed by atoms with Crippen LogP contribution in [0.25, 0.3) is 5.69 Å². The van der Waals surface area contributed by atoms with Crippen LogP contribution in [0.3, 0.4) is 0 Å². The molecule has 7 heteroatoms. The van der Waals surface area contributed by atoms with Gasteiger partial charge in [-0.1, -0.05) is 32.0 Å². The lowest BCUT2D eigenvalue weighted by molar-refractivity contribution is -0.128. The molecule has 0 spiro atoms.